The minimum atomic E-state index is -4.36. The van der Waals surface area contributed by atoms with Crippen LogP contribution in [-0.2, 0) is 17.5 Å². The number of nitrogens with zero attached hydrogens (tertiary/aromatic N) is 1. The van der Waals surface area contributed by atoms with Crippen LogP contribution in [0, 0.1) is 0 Å². The van der Waals surface area contributed by atoms with Crippen molar-refractivity contribution >= 4 is 11.6 Å². The van der Waals surface area contributed by atoms with Gasteiger partial charge in [-0.2, -0.15) is 13.2 Å². The van der Waals surface area contributed by atoms with Crippen molar-refractivity contribution in [1.29, 1.82) is 0 Å². The summed E-state index contributed by atoms with van der Waals surface area (Å²) in [4.78, 5) is 14.2. The van der Waals surface area contributed by atoms with Gasteiger partial charge in [-0.25, -0.2) is 0 Å². The molecule has 0 bridgehead atoms. The minimum absolute atomic E-state index is 0.0158. The SMILES string of the molecule is CC(C)N(Cc1ccccc1)C(=O)CNc1ccc(C(F)(F)F)cc1. The van der Waals surface area contributed by atoms with Gasteiger partial charge in [0.25, 0.3) is 0 Å². The summed E-state index contributed by atoms with van der Waals surface area (Å²) in [6.45, 7) is 4.38. The fraction of sp³-hybridized carbons (Fsp3) is 0.316. The molecule has 2 aromatic rings. The van der Waals surface area contributed by atoms with Crippen LogP contribution in [0.1, 0.15) is 25.0 Å². The monoisotopic (exact) mass is 350 g/mol. The summed E-state index contributed by atoms with van der Waals surface area (Å²) in [5, 5.41) is 2.89. The number of hydrogen-bond acceptors (Lipinski definition) is 2. The van der Waals surface area contributed by atoms with Crippen molar-refractivity contribution in [3.63, 3.8) is 0 Å². The van der Waals surface area contributed by atoms with E-state index in [0.717, 1.165) is 17.7 Å². The standard InChI is InChI=1S/C19H21F3N2O/c1-14(2)24(13-15-6-4-3-5-7-15)18(25)12-23-17-10-8-16(9-11-17)19(20,21)22/h3-11,14,23H,12-13H2,1-2H3. The van der Waals surface area contributed by atoms with E-state index in [9.17, 15) is 18.0 Å². The lowest BCUT2D eigenvalue weighted by Crippen LogP contribution is -2.39. The van der Waals surface area contributed by atoms with E-state index < -0.39 is 11.7 Å². The van der Waals surface area contributed by atoms with Crippen molar-refractivity contribution in [2.45, 2.75) is 32.6 Å². The molecule has 0 saturated carbocycles. The molecule has 0 heterocycles. The minimum Gasteiger partial charge on any atom is -0.376 e. The van der Waals surface area contributed by atoms with E-state index >= 15 is 0 Å². The Labute approximate surface area is 145 Å². The summed E-state index contributed by atoms with van der Waals surface area (Å²) in [7, 11) is 0. The third kappa shape index (κ3) is 5.52. The fourth-order valence-corrected chi connectivity index (χ4v) is 2.40. The molecule has 0 aliphatic carbocycles. The fourth-order valence-electron chi connectivity index (χ4n) is 2.40. The third-order valence-electron chi connectivity index (χ3n) is 3.80. The van der Waals surface area contributed by atoms with Crippen molar-refractivity contribution in [2.75, 3.05) is 11.9 Å². The molecule has 0 unspecified atom stereocenters. The van der Waals surface area contributed by atoms with Crippen LogP contribution >= 0.6 is 0 Å². The van der Waals surface area contributed by atoms with Crippen LogP contribution in [-0.4, -0.2) is 23.4 Å². The lowest BCUT2D eigenvalue weighted by Gasteiger charge is -2.27. The van der Waals surface area contributed by atoms with E-state index in [0.29, 0.717) is 12.2 Å². The Bertz CT molecular complexity index is 682. The molecule has 0 aromatic heterocycles. The van der Waals surface area contributed by atoms with Crippen LogP contribution in [0.25, 0.3) is 0 Å². The first-order valence-corrected chi connectivity index (χ1v) is 8.02. The first kappa shape index (κ1) is 18.8. The highest BCUT2D eigenvalue weighted by Gasteiger charge is 2.29. The molecule has 0 fully saturated rings. The van der Waals surface area contributed by atoms with Crippen LogP contribution in [0.5, 0.6) is 0 Å². The summed E-state index contributed by atoms with van der Waals surface area (Å²) in [5.74, 6) is -0.112. The lowest BCUT2D eigenvalue weighted by molar-refractivity contribution is -0.137. The molecule has 0 atom stereocenters. The van der Waals surface area contributed by atoms with E-state index in [-0.39, 0.29) is 18.5 Å². The molecule has 3 nitrogen and oxygen atoms in total. The second kappa shape index (κ2) is 8.05. The molecule has 2 aromatic carbocycles. The van der Waals surface area contributed by atoms with E-state index in [1.807, 2.05) is 44.2 Å². The topological polar surface area (TPSA) is 32.3 Å². The average molecular weight is 350 g/mol. The van der Waals surface area contributed by atoms with Crippen LogP contribution in [0.4, 0.5) is 18.9 Å². The largest absolute Gasteiger partial charge is 0.416 e. The number of anilines is 1. The van der Waals surface area contributed by atoms with E-state index in [1.165, 1.54) is 12.1 Å². The lowest BCUT2D eigenvalue weighted by atomic mass is 10.2. The highest BCUT2D eigenvalue weighted by Crippen LogP contribution is 2.29. The predicted octanol–water partition coefficient (Wildman–Crippen LogP) is 4.55. The second-order valence-corrected chi connectivity index (χ2v) is 6.03. The molecule has 0 aliphatic heterocycles. The predicted molar refractivity (Wildman–Crippen MR) is 92.1 cm³/mol. The van der Waals surface area contributed by atoms with Gasteiger partial charge >= 0.3 is 6.18 Å². The summed E-state index contributed by atoms with van der Waals surface area (Å²) in [6.07, 6.45) is -4.36. The molecular formula is C19H21F3N2O. The van der Waals surface area contributed by atoms with Gasteiger partial charge in [-0.3, -0.25) is 4.79 Å². The molecule has 134 valence electrons. The van der Waals surface area contributed by atoms with E-state index in [1.54, 1.807) is 4.90 Å². The summed E-state index contributed by atoms with van der Waals surface area (Å²) in [5.41, 5.74) is 0.793. The smallest absolute Gasteiger partial charge is 0.376 e. The first-order chi connectivity index (χ1) is 11.8. The number of halogens is 3. The van der Waals surface area contributed by atoms with Crippen molar-refractivity contribution in [3.05, 3.63) is 65.7 Å². The zero-order chi connectivity index (χ0) is 18.4. The Kier molecular flexibility index (Phi) is 6.07. The maximum Gasteiger partial charge on any atom is 0.416 e. The highest BCUT2D eigenvalue weighted by molar-refractivity contribution is 5.81. The molecule has 0 spiro atoms. The number of alkyl halides is 3. The summed E-state index contributed by atoms with van der Waals surface area (Å²) < 4.78 is 37.7. The van der Waals surface area contributed by atoms with Crippen molar-refractivity contribution in [3.8, 4) is 0 Å². The van der Waals surface area contributed by atoms with Gasteiger partial charge in [0.1, 0.15) is 0 Å². The molecule has 0 aliphatic rings. The van der Waals surface area contributed by atoms with E-state index in [4.69, 9.17) is 0 Å². The maximum absolute atomic E-state index is 12.6. The second-order valence-electron chi connectivity index (χ2n) is 6.03. The quantitative estimate of drug-likeness (QED) is 0.829. The molecule has 1 N–H and O–H groups in total. The number of benzene rings is 2. The Morgan fingerprint density at radius 2 is 1.64 bits per heavy atom. The molecule has 0 radical (unpaired) electrons. The number of carbonyl (C=O) groups is 1. The zero-order valence-corrected chi connectivity index (χ0v) is 14.2. The van der Waals surface area contributed by atoms with Crippen LogP contribution in [0.2, 0.25) is 0 Å². The summed E-state index contributed by atoms with van der Waals surface area (Å²) in [6, 6.07) is 14.3. The van der Waals surface area contributed by atoms with Gasteiger partial charge in [0.15, 0.2) is 0 Å². The highest BCUT2D eigenvalue weighted by atomic mass is 19.4. The molecular weight excluding hydrogens is 329 g/mol. The number of rotatable bonds is 6. The molecule has 0 saturated heterocycles. The number of hydrogen-bond donors (Lipinski definition) is 1. The Hall–Kier alpha value is -2.50. The van der Waals surface area contributed by atoms with Crippen molar-refractivity contribution in [1.82, 2.24) is 4.90 Å². The van der Waals surface area contributed by atoms with Gasteiger partial charge in [-0.15, -0.1) is 0 Å². The maximum atomic E-state index is 12.6. The molecule has 2 rings (SSSR count). The van der Waals surface area contributed by atoms with Crippen LogP contribution < -0.4 is 5.32 Å². The number of nitrogens with one attached hydrogen (secondary N) is 1. The normalized spacial score (nSPS) is 11.4. The van der Waals surface area contributed by atoms with E-state index in [2.05, 4.69) is 5.32 Å². The van der Waals surface area contributed by atoms with Crippen LogP contribution in [0.15, 0.2) is 54.6 Å². The average Bonchev–Trinajstić information content (AvgIpc) is 2.58. The van der Waals surface area contributed by atoms with Gasteiger partial charge in [0.2, 0.25) is 5.91 Å². The number of carbonyl (C=O) groups excluding carboxylic acids is 1. The van der Waals surface area contributed by atoms with Crippen LogP contribution in [0.3, 0.4) is 0 Å². The van der Waals surface area contributed by atoms with Gasteiger partial charge in [0, 0.05) is 18.3 Å². The molecule has 6 heteroatoms. The van der Waals surface area contributed by atoms with Gasteiger partial charge < -0.3 is 10.2 Å². The Balaban J connectivity index is 1.97. The Morgan fingerprint density at radius 1 is 1.04 bits per heavy atom. The first-order valence-electron chi connectivity index (χ1n) is 8.02. The van der Waals surface area contributed by atoms with Gasteiger partial charge in [-0.1, -0.05) is 30.3 Å². The molecule has 25 heavy (non-hydrogen) atoms. The zero-order valence-electron chi connectivity index (χ0n) is 14.2. The molecule has 1 amide bonds. The van der Waals surface area contributed by atoms with Gasteiger partial charge in [-0.05, 0) is 43.7 Å². The Morgan fingerprint density at radius 3 is 2.16 bits per heavy atom. The van der Waals surface area contributed by atoms with Crippen molar-refractivity contribution in [2.24, 2.45) is 0 Å². The summed E-state index contributed by atoms with van der Waals surface area (Å²) >= 11 is 0. The van der Waals surface area contributed by atoms with Gasteiger partial charge in [0.05, 0.1) is 12.1 Å². The van der Waals surface area contributed by atoms with Crippen molar-refractivity contribution < 1.29 is 18.0 Å². The number of amides is 1. The third-order valence-corrected chi connectivity index (χ3v) is 3.80.